The van der Waals surface area contributed by atoms with Crippen LogP contribution in [-0.4, -0.2) is 60.9 Å². The van der Waals surface area contributed by atoms with E-state index in [-0.39, 0.29) is 17.4 Å². The van der Waals surface area contributed by atoms with Crippen LogP contribution in [0.1, 0.15) is 40.5 Å². The molecule has 19 heavy (non-hydrogen) atoms. The molecule has 1 N–H and O–H groups in total. The second kappa shape index (κ2) is 8.15. The van der Waals surface area contributed by atoms with Crippen molar-refractivity contribution in [3.05, 3.63) is 0 Å². The quantitative estimate of drug-likeness (QED) is 0.754. The summed E-state index contributed by atoms with van der Waals surface area (Å²) in [5.41, 5.74) is -0.219. The summed E-state index contributed by atoms with van der Waals surface area (Å²) in [7, 11) is 4.02. The van der Waals surface area contributed by atoms with Crippen LogP contribution in [0.25, 0.3) is 0 Å². The molecule has 0 bridgehead atoms. The summed E-state index contributed by atoms with van der Waals surface area (Å²) in [6.07, 6.45) is 1.28. The van der Waals surface area contributed by atoms with Crippen LogP contribution in [0, 0.1) is 0 Å². The lowest BCUT2D eigenvalue weighted by Crippen LogP contribution is -2.42. The van der Waals surface area contributed by atoms with Crippen molar-refractivity contribution in [1.29, 1.82) is 0 Å². The Bertz CT molecular complexity index is 296. The summed E-state index contributed by atoms with van der Waals surface area (Å²) in [6.45, 7) is 9.54. The topological polar surface area (TPSA) is 52.7 Å². The van der Waals surface area contributed by atoms with Crippen LogP contribution in [0.5, 0.6) is 0 Å². The van der Waals surface area contributed by atoms with Gasteiger partial charge < -0.3 is 15.1 Å². The zero-order chi connectivity index (χ0) is 15.1. The van der Waals surface area contributed by atoms with Gasteiger partial charge in [-0.3, -0.25) is 9.59 Å². The van der Waals surface area contributed by atoms with Crippen LogP contribution in [0.15, 0.2) is 0 Å². The minimum Gasteiger partial charge on any atom is -0.351 e. The standard InChI is InChI=1S/C14H29N3O2/c1-12(18)17(10-7-9-16(5)6)11-8-13(19)15-14(2,3)4/h7-11H2,1-6H3,(H,15,19). The minimum absolute atomic E-state index is 0.00800. The van der Waals surface area contributed by atoms with Gasteiger partial charge in [0, 0.05) is 32.0 Å². The Hall–Kier alpha value is -1.10. The van der Waals surface area contributed by atoms with E-state index in [4.69, 9.17) is 0 Å². The van der Waals surface area contributed by atoms with Gasteiger partial charge in [0.15, 0.2) is 0 Å². The molecular weight excluding hydrogens is 242 g/mol. The number of hydrogen-bond donors (Lipinski definition) is 1. The molecule has 0 saturated heterocycles. The molecule has 0 rings (SSSR count). The summed E-state index contributed by atoms with van der Waals surface area (Å²) in [4.78, 5) is 27.0. The van der Waals surface area contributed by atoms with Crippen LogP contribution < -0.4 is 5.32 Å². The molecule has 0 spiro atoms. The average molecular weight is 271 g/mol. The van der Waals surface area contributed by atoms with E-state index in [0.717, 1.165) is 13.0 Å². The molecule has 0 aliphatic heterocycles. The maximum Gasteiger partial charge on any atom is 0.222 e. The van der Waals surface area contributed by atoms with Crippen molar-refractivity contribution >= 4 is 11.8 Å². The summed E-state index contributed by atoms with van der Waals surface area (Å²) in [5, 5.41) is 2.90. The van der Waals surface area contributed by atoms with E-state index < -0.39 is 0 Å². The molecule has 0 unspecified atom stereocenters. The molecule has 0 fully saturated rings. The number of carbonyl (C=O) groups is 2. The first-order valence-corrected chi connectivity index (χ1v) is 6.83. The Labute approximate surface area is 117 Å². The van der Waals surface area contributed by atoms with Crippen molar-refractivity contribution in [2.24, 2.45) is 0 Å². The second-order valence-corrected chi connectivity index (χ2v) is 6.21. The summed E-state index contributed by atoms with van der Waals surface area (Å²) in [6, 6.07) is 0. The lowest BCUT2D eigenvalue weighted by Gasteiger charge is -2.24. The average Bonchev–Trinajstić information content (AvgIpc) is 2.19. The molecule has 0 heterocycles. The third-order valence-corrected chi connectivity index (χ3v) is 2.60. The molecule has 0 aliphatic rings. The van der Waals surface area contributed by atoms with Gasteiger partial charge >= 0.3 is 0 Å². The third kappa shape index (κ3) is 10.5. The van der Waals surface area contributed by atoms with Gasteiger partial charge in [-0.25, -0.2) is 0 Å². The highest BCUT2D eigenvalue weighted by atomic mass is 16.2. The van der Waals surface area contributed by atoms with Gasteiger partial charge in [0.1, 0.15) is 0 Å². The highest BCUT2D eigenvalue weighted by Gasteiger charge is 2.15. The first kappa shape index (κ1) is 17.9. The zero-order valence-corrected chi connectivity index (χ0v) is 13.2. The molecule has 5 nitrogen and oxygen atoms in total. The smallest absolute Gasteiger partial charge is 0.222 e. The molecule has 0 aliphatic carbocycles. The van der Waals surface area contributed by atoms with Crippen LogP contribution in [-0.2, 0) is 9.59 Å². The van der Waals surface area contributed by atoms with E-state index in [0.29, 0.717) is 19.5 Å². The Balaban J connectivity index is 4.08. The minimum atomic E-state index is -0.219. The van der Waals surface area contributed by atoms with Crippen LogP contribution >= 0.6 is 0 Å². The highest BCUT2D eigenvalue weighted by molar-refractivity contribution is 5.78. The van der Waals surface area contributed by atoms with Gasteiger partial charge in [0.25, 0.3) is 0 Å². The van der Waals surface area contributed by atoms with Gasteiger partial charge in [-0.2, -0.15) is 0 Å². The molecule has 112 valence electrons. The number of amides is 2. The predicted octanol–water partition coefficient (Wildman–Crippen LogP) is 1.09. The summed E-state index contributed by atoms with van der Waals surface area (Å²) < 4.78 is 0. The molecule has 0 aromatic heterocycles. The molecule has 0 radical (unpaired) electrons. The van der Waals surface area contributed by atoms with Gasteiger partial charge in [-0.15, -0.1) is 0 Å². The molecule has 0 aromatic carbocycles. The van der Waals surface area contributed by atoms with E-state index in [1.807, 2.05) is 34.9 Å². The van der Waals surface area contributed by atoms with Crippen LogP contribution in [0.2, 0.25) is 0 Å². The van der Waals surface area contributed by atoms with Crippen LogP contribution in [0.3, 0.4) is 0 Å². The molecular formula is C14H29N3O2. The summed E-state index contributed by atoms with van der Waals surface area (Å²) >= 11 is 0. The highest BCUT2D eigenvalue weighted by Crippen LogP contribution is 2.01. The first-order chi connectivity index (χ1) is 8.61. The molecule has 2 amide bonds. The molecule has 0 aromatic rings. The number of rotatable bonds is 7. The first-order valence-electron chi connectivity index (χ1n) is 6.83. The van der Waals surface area contributed by atoms with Crippen molar-refractivity contribution < 1.29 is 9.59 Å². The Kier molecular flexibility index (Phi) is 7.68. The van der Waals surface area contributed by atoms with E-state index >= 15 is 0 Å². The fraction of sp³-hybridized carbons (Fsp3) is 0.857. The fourth-order valence-corrected chi connectivity index (χ4v) is 1.72. The Morgan fingerprint density at radius 1 is 1.05 bits per heavy atom. The van der Waals surface area contributed by atoms with E-state index in [1.54, 1.807) is 11.8 Å². The van der Waals surface area contributed by atoms with E-state index in [1.165, 1.54) is 0 Å². The van der Waals surface area contributed by atoms with Crippen molar-refractivity contribution in [3.63, 3.8) is 0 Å². The van der Waals surface area contributed by atoms with Gasteiger partial charge in [0.2, 0.25) is 11.8 Å². The lowest BCUT2D eigenvalue weighted by atomic mass is 10.1. The second-order valence-electron chi connectivity index (χ2n) is 6.21. The monoisotopic (exact) mass is 271 g/mol. The maximum absolute atomic E-state index is 11.7. The molecule has 0 atom stereocenters. The number of carbonyl (C=O) groups excluding carboxylic acids is 2. The van der Waals surface area contributed by atoms with Gasteiger partial charge in [-0.05, 0) is 47.8 Å². The van der Waals surface area contributed by atoms with Crippen molar-refractivity contribution in [3.8, 4) is 0 Å². The SMILES string of the molecule is CC(=O)N(CCCN(C)C)CCC(=O)NC(C)(C)C. The maximum atomic E-state index is 11.7. The van der Waals surface area contributed by atoms with E-state index in [2.05, 4.69) is 10.2 Å². The van der Waals surface area contributed by atoms with E-state index in [9.17, 15) is 9.59 Å². The molecule has 5 heteroatoms. The number of nitrogens with zero attached hydrogens (tertiary/aromatic N) is 2. The Morgan fingerprint density at radius 2 is 1.63 bits per heavy atom. The third-order valence-electron chi connectivity index (χ3n) is 2.60. The number of nitrogens with one attached hydrogen (secondary N) is 1. The number of hydrogen-bond acceptors (Lipinski definition) is 3. The zero-order valence-electron chi connectivity index (χ0n) is 13.2. The van der Waals surface area contributed by atoms with Gasteiger partial charge in [-0.1, -0.05) is 0 Å². The normalized spacial score (nSPS) is 11.5. The van der Waals surface area contributed by atoms with Crippen molar-refractivity contribution in [2.75, 3.05) is 33.7 Å². The predicted molar refractivity (Wildman–Crippen MR) is 77.9 cm³/mol. The molecule has 0 saturated carbocycles. The summed E-state index contributed by atoms with van der Waals surface area (Å²) in [5.74, 6) is 0.0219. The lowest BCUT2D eigenvalue weighted by molar-refractivity contribution is -0.130. The van der Waals surface area contributed by atoms with Crippen molar-refractivity contribution in [1.82, 2.24) is 15.1 Å². The Morgan fingerprint density at radius 3 is 2.05 bits per heavy atom. The van der Waals surface area contributed by atoms with Crippen molar-refractivity contribution in [2.45, 2.75) is 46.1 Å². The fourth-order valence-electron chi connectivity index (χ4n) is 1.72. The van der Waals surface area contributed by atoms with Gasteiger partial charge in [0.05, 0.1) is 0 Å². The van der Waals surface area contributed by atoms with Crippen LogP contribution in [0.4, 0.5) is 0 Å². The largest absolute Gasteiger partial charge is 0.351 e.